The highest BCUT2D eigenvalue weighted by atomic mass is 32.2. The minimum atomic E-state index is -3.72. The van der Waals surface area contributed by atoms with Gasteiger partial charge in [0.2, 0.25) is 0 Å². The van der Waals surface area contributed by atoms with Crippen LogP contribution in [0.25, 0.3) is 0 Å². The molecule has 0 radical (unpaired) electrons. The van der Waals surface area contributed by atoms with Gasteiger partial charge in [-0.05, 0) is 85.7 Å². The molecule has 1 unspecified atom stereocenters. The Morgan fingerprint density at radius 3 is 2.70 bits per heavy atom. The molecule has 6 rings (SSSR count). The predicted octanol–water partition coefficient (Wildman–Crippen LogP) is 6.02. The van der Waals surface area contributed by atoms with Gasteiger partial charge in [-0.25, -0.2) is 13.4 Å². The van der Waals surface area contributed by atoms with E-state index < -0.39 is 16.1 Å². The van der Waals surface area contributed by atoms with Crippen LogP contribution in [0.15, 0.2) is 77.3 Å². The van der Waals surface area contributed by atoms with E-state index in [0.717, 1.165) is 59.2 Å². The van der Waals surface area contributed by atoms with Crippen molar-refractivity contribution in [1.82, 2.24) is 15.3 Å². The molecular weight excluding hydrogens is 579 g/mol. The Hall–Kier alpha value is -3.31. The summed E-state index contributed by atoms with van der Waals surface area (Å²) in [5, 5.41) is 16.7. The fourth-order valence-corrected chi connectivity index (χ4v) is 8.05. The molecule has 1 fully saturated rings. The van der Waals surface area contributed by atoms with Crippen LogP contribution in [0.5, 0.6) is 0 Å². The molecule has 43 heavy (non-hydrogen) atoms. The van der Waals surface area contributed by atoms with Gasteiger partial charge in [-0.1, -0.05) is 43.9 Å². The molecule has 8 nitrogen and oxygen atoms in total. The zero-order valence-corrected chi connectivity index (χ0v) is 25.9. The third kappa shape index (κ3) is 7.44. The molecule has 226 valence electrons. The molecule has 4 aromatic rings. The molecule has 1 aliphatic heterocycles. The summed E-state index contributed by atoms with van der Waals surface area (Å²) < 4.78 is 29.2. The Bertz CT molecular complexity index is 1600. The fourth-order valence-electron chi connectivity index (χ4n) is 6.05. The second kappa shape index (κ2) is 13.5. The molecule has 1 saturated carbocycles. The summed E-state index contributed by atoms with van der Waals surface area (Å²) in [6, 6.07) is 16.5. The predicted molar refractivity (Wildman–Crippen MR) is 173 cm³/mol. The van der Waals surface area contributed by atoms with Crippen molar-refractivity contribution in [3.8, 4) is 0 Å². The van der Waals surface area contributed by atoms with E-state index in [-0.39, 0.29) is 4.90 Å². The maximum Gasteiger partial charge on any atom is 0.261 e. The Balaban J connectivity index is 1.01. The quantitative estimate of drug-likeness (QED) is 0.158. The molecule has 0 amide bonds. The van der Waals surface area contributed by atoms with Crippen molar-refractivity contribution < 1.29 is 13.5 Å². The number of nitrogens with zero attached hydrogens (tertiary/aromatic N) is 3. The number of benzene rings is 2. The Morgan fingerprint density at radius 2 is 1.91 bits per heavy atom. The molecule has 0 bridgehead atoms. The molecule has 0 spiro atoms. The largest absolute Gasteiger partial charge is 0.387 e. The van der Waals surface area contributed by atoms with Gasteiger partial charge in [0, 0.05) is 47.8 Å². The number of pyridine rings is 1. The van der Waals surface area contributed by atoms with Crippen LogP contribution in [0, 0.1) is 5.92 Å². The van der Waals surface area contributed by atoms with Gasteiger partial charge in [0.25, 0.3) is 10.0 Å². The van der Waals surface area contributed by atoms with E-state index in [9.17, 15) is 13.5 Å². The van der Waals surface area contributed by atoms with Crippen molar-refractivity contribution in [1.29, 1.82) is 0 Å². The number of nitrogens with one attached hydrogen (secondary N) is 2. The third-order valence-electron chi connectivity index (χ3n) is 8.51. The first-order valence-electron chi connectivity index (χ1n) is 15.2. The van der Waals surface area contributed by atoms with Crippen LogP contribution >= 0.6 is 11.3 Å². The van der Waals surface area contributed by atoms with Crippen molar-refractivity contribution in [2.75, 3.05) is 29.3 Å². The lowest BCUT2D eigenvalue weighted by Crippen LogP contribution is -2.23. The van der Waals surface area contributed by atoms with Gasteiger partial charge in [-0.2, -0.15) is 0 Å². The highest BCUT2D eigenvalue weighted by Gasteiger charge is 2.26. The summed E-state index contributed by atoms with van der Waals surface area (Å²) in [5.41, 5.74) is 5.63. The van der Waals surface area contributed by atoms with Gasteiger partial charge < -0.3 is 15.3 Å². The normalized spacial score (nSPS) is 16.0. The van der Waals surface area contributed by atoms with Crippen molar-refractivity contribution >= 4 is 37.9 Å². The summed E-state index contributed by atoms with van der Waals surface area (Å²) in [6.07, 6.45) is 12.0. The first kappa shape index (κ1) is 29.7. The van der Waals surface area contributed by atoms with Gasteiger partial charge in [0.1, 0.15) is 0 Å². The number of aryl methyl sites for hydroxylation is 1. The van der Waals surface area contributed by atoms with Gasteiger partial charge in [-0.15, -0.1) is 11.3 Å². The Kier molecular flexibility index (Phi) is 9.37. The number of hydrogen-bond donors (Lipinski definition) is 3. The topological polar surface area (TPSA) is 107 Å². The SMILES string of the molecule is O=S(=O)(Nc1ccc(CCNCC(O)c2cccnc2)cc1)c1ccc2c(c1)CCN2c1nc(CCC2CCCC2)cs1. The number of aliphatic hydroxyl groups is 1. The number of fused-ring (bicyclic) bond motifs is 1. The third-order valence-corrected chi connectivity index (χ3v) is 10.8. The maximum atomic E-state index is 13.2. The zero-order valence-electron chi connectivity index (χ0n) is 24.3. The van der Waals surface area contributed by atoms with E-state index >= 15 is 0 Å². The minimum Gasteiger partial charge on any atom is -0.387 e. The highest BCUT2D eigenvalue weighted by molar-refractivity contribution is 7.92. The molecular formula is C33H39N5O3S2. The lowest BCUT2D eigenvalue weighted by Gasteiger charge is -2.16. The van der Waals surface area contributed by atoms with Crippen LogP contribution in [0.4, 0.5) is 16.5 Å². The average Bonchev–Trinajstić information content (AvgIpc) is 3.80. The lowest BCUT2D eigenvalue weighted by molar-refractivity contribution is 0.174. The summed E-state index contributed by atoms with van der Waals surface area (Å²) >= 11 is 1.68. The van der Waals surface area contributed by atoms with Crippen LogP contribution < -0.4 is 14.9 Å². The average molecular weight is 618 g/mol. The van der Waals surface area contributed by atoms with Crippen LogP contribution in [0.1, 0.15) is 60.6 Å². The van der Waals surface area contributed by atoms with Gasteiger partial charge >= 0.3 is 0 Å². The zero-order chi connectivity index (χ0) is 29.6. The minimum absolute atomic E-state index is 0.268. The lowest BCUT2D eigenvalue weighted by atomic mass is 10.0. The van der Waals surface area contributed by atoms with E-state index in [1.54, 1.807) is 48.0 Å². The smallest absolute Gasteiger partial charge is 0.261 e. The Labute approximate surface area is 258 Å². The summed E-state index contributed by atoms with van der Waals surface area (Å²) in [6.45, 7) is 1.94. The number of anilines is 3. The standard InChI is InChI=1S/C33H39N5O3S2/c39-32(27-6-3-17-34-21-27)22-35-18-15-25-7-10-28(11-8-25)37-43(40,41)30-13-14-31-26(20-30)16-19-38(31)33-36-29(23-42-33)12-9-24-4-1-2-5-24/h3,6-8,10-11,13-14,17,20-21,23-24,32,35,37,39H,1-2,4-5,9,12,15-16,18-19,22H2. The number of aromatic nitrogens is 2. The van der Waals surface area contributed by atoms with Crippen LogP contribution in [-0.4, -0.2) is 43.1 Å². The molecule has 3 N–H and O–H groups in total. The number of hydrogen-bond acceptors (Lipinski definition) is 8. The van der Waals surface area contributed by atoms with E-state index in [1.807, 2.05) is 30.3 Å². The van der Waals surface area contributed by atoms with Gasteiger partial charge in [0.05, 0.1) is 16.7 Å². The van der Waals surface area contributed by atoms with E-state index in [4.69, 9.17) is 4.98 Å². The van der Waals surface area contributed by atoms with Crippen molar-refractivity contribution in [2.24, 2.45) is 5.92 Å². The number of aliphatic hydroxyl groups excluding tert-OH is 1. The van der Waals surface area contributed by atoms with Crippen LogP contribution in [0.3, 0.4) is 0 Å². The number of sulfonamides is 1. The molecule has 2 aromatic carbocycles. The molecule has 0 saturated heterocycles. The van der Waals surface area contributed by atoms with Crippen LogP contribution in [-0.2, 0) is 29.3 Å². The first-order valence-corrected chi connectivity index (χ1v) is 17.6. The summed E-state index contributed by atoms with van der Waals surface area (Å²) in [4.78, 5) is 11.5. The summed E-state index contributed by atoms with van der Waals surface area (Å²) in [5.74, 6) is 0.858. The molecule has 3 heterocycles. The highest BCUT2D eigenvalue weighted by Crippen LogP contribution is 2.38. The van der Waals surface area contributed by atoms with Crippen molar-refractivity contribution in [3.05, 3.63) is 94.8 Å². The summed E-state index contributed by atoms with van der Waals surface area (Å²) in [7, 11) is -3.72. The molecule has 2 aromatic heterocycles. The van der Waals surface area contributed by atoms with E-state index in [0.29, 0.717) is 18.8 Å². The number of thiazole rings is 1. The van der Waals surface area contributed by atoms with Crippen molar-refractivity contribution in [3.63, 3.8) is 0 Å². The second-order valence-corrected chi connectivity index (χ2v) is 14.1. The maximum absolute atomic E-state index is 13.2. The fraction of sp³-hybridized carbons (Fsp3) is 0.394. The van der Waals surface area contributed by atoms with Crippen molar-refractivity contribution in [2.45, 2.75) is 62.4 Å². The molecule has 1 aliphatic carbocycles. The van der Waals surface area contributed by atoms with Gasteiger partial charge in [0.15, 0.2) is 5.13 Å². The first-order chi connectivity index (χ1) is 20.9. The van der Waals surface area contributed by atoms with E-state index in [2.05, 4.69) is 25.3 Å². The Morgan fingerprint density at radius 1 is 1.07 bits per heavy atom. The van der Waals surface area contributed by atoms with Gasteiger partial charge in [-0.3, -0.25) is 9.71 Å². The molecule has 2 aliphatic rings. The molecule has 10 heteroatoms. The molecule has 1 atom stereocenters. The number of rotatable bonds is 13. The van der Waals surface area contributed by atoms with E-state index in [1.165, 1.54) is 37.8 Å². The second-order valence-electron chi connectivity index (χ2n) is 11.6. The van der Waals surface area contributed by atoms with Crippen LogP contribution in [0.2, 0.25) is 0 Å². The monoisotopic (exact) mass is 617 g/mol.